The van der Waals surface area contributed by atoms with Crippen molar-refractivity contribution in [2.75, 3.05) is 18.5 Å². The van der Waals surface area contributed by atoms with Crippen LogP contribution >= 0.6 is 0 Å². The van der Waals surface area contributed by atoms with Gasteiger partial charge in [-0.2, -0.15) is 0 Å². The molecule has 0 bridgehead atoms. The van der Waals surface area contributed by atoms with Gasteiger partial charge in [-0.3, -0.25) is 4.79 Å². The summed E-state index contributed by atoms with van der Waals surface area (Å²) in [6.07, 6.45) is 2.29. The molecule has 2 aliphatic rings. The van der Waals surface area contributed by atoms with Gasteiger partial charge in [0.25, 0.3) is 5.91 Å². The van der Waals surface area contributed by atoms with Gasteiger partial charge in [0, 0.05) is 17.6 Å². The summed E-state index contributed by atoms with van der Waals surface area (Å²) in [6.45, 7) is 2.34. The molecule has 1 saturated carbocycles. The monoisotopic (exact) mass is 368 g/mol. The van der Waals surface area contributed by atoms with Crippen molar-refractivity contribution < 1.29 is 19.7 Å². The minimum atomic E-state index is -0.802. The number of fused-ring (bicyclic) bond motifs is 1. The number of anilines is 1. The van der Waals surface area contributed by atoms with Crippen molar-refractivity contribution in [2.24, 2.45) is 0 Å². The van der Waals surface area contributed by atoms with Gasteiger partial charge in [-0.1, -0.05) is 29.8 Å². The van der Waals surface area contributed by atoms with E-state index in [1.807, 2.05) is 0 Å². The maximum absolute atomic E-state index is 11.5. The van der Waals surface area contributed by atoms with E-state index in [9.17, 15) is 15.0 Å². The van der Waals surface area contributed by atoms with Crippen molar-refractivity contribution in [1.82, 2.24) is 5.32 Å². The Labute approximate surface area is 158 Å². The van der Waals surface area contributed by atoms with Crippen molar-refractivity contribution >= 4 is 11.6 Å². The Kier molecular flexibility index (Phi) is 4.53. The Balaban J connectivity index is 1.45. The molecule has 2 aromatic rings. The van der Waals surface area contributed by atoms with Gasteiger partial charge < -0.3 is 25.6 Å². The lowest BCUT2D eigenvalue weighted by atomic mass is 10.0. The predicted octanol–water partition coefficient (Wildman–Crippen LogP) is 2.43. The lowest BCUT2D eigenvalue weighted by molar-refractivity contribution is -0.118. The quantitative estimate of drug-likeness (QED) is 0.588. The molecule has 4 rings (SSSR count). The van der Waals surface area contributed by atoms with E-state index < -0.39 is 6.10 Å². The summed E-state index contributed by atoms with van der Waals surface area (Å²) in [5, 5.41) is 26.8. The number of benzene rings is 2. The smallest absolute Gasteiger partial charge is 0.262 e. The van der Waals surface area contributed by atoms with Crippen LogP contribution in [0.25, 0.3) is 0 Å². The summed E-state index contributed by atoms with van der Waals surface area (Å²) >= 11 is 0. The van der Waals surface area contributed by atoms with Crippen LogP contribution in [-0.4, -0.2) is 34.8 Å². The number of aliphatic hydroxyl groups is 1. The summed E-state index contributed by atoms with van der Waals surface area (Å²) in [5.41, 5.74) is 3.35. The largest absolute Gasteiger partial charge is 0.506 e. The highest BCUT2D eigenvalue weighted by Gasteiger charge is 2.42. The van der Waals surface area contributed by atoms with Crippen LogP contribution in [0.5, 0.6) is 11.5 Å². The fourth-order valence-electron chi connectivity index (χ4n) is 3.64. The average molecular weight is 368 g/mol. The molecule has 0 radical (unpaired) electrons. The maximum Gasteiger partial charge on any atom is 0.262 e. The number of phenolic OH excluding ortho intramolecular Hbond substituents is 1. The number of amides is 1. The number of rotatable bonds is 6. The summed E-state index contributed by atoms with van der Waals surface area (Å²) in [6, 6.07) is 11.6. The first kappa shape index (κ1) is 17.8. The third-order valence-corrected chi connectivity index (χ3v) is 5.29. The lowest BCUT2D eigenvalue weighted by Gasteiger charge is -2.25. The minimum Gasteiger partial charge on any atom is -0.506 e. The number of ether oxygens (including phenoxy) is 1. The van der Waals surface area contributed by atoms with Gasteiger partial charge in [0.1, 0.15) is 11.4 Å². The number of nitrogens with one attached hydrogen (secondary N) is 2. The second-order valence-electron chi connectivity index (χ2n) is 7.56. The van der Waals surface area contributed by atoms with Crippen LogP contribution in [0, 0.1) is 6.92 Å². The van der Waals surface area contributed by atoms with E-state index in [-0.39, 0.29) is 29.5 Å². The van der Waals surface area contributed by atoms with Gasteiger partial charge in [0.15, 0.2) is 12.4 Å². The fraction of sp³-hybridized carbons (Fsp3) is 0.381. The normalized spacial score (nSPS) is 18.2. The van der Waals surface area contributed by atoms with Gasteiger partial charge >= 0.3 is 0 Å². The zero-order chi connectivity index (χ0) is 19.0. The van der Waals surface area contributed by atoms with E-state index in [1.54, 1.807) is 6.07 Å². The Morgan fingerprint density at radius 3 is 2.85 bits per heavy atom. The Bertz CT molecular complexity index is 876. The van der Waals surface area contributed by atoms with Crippen LogP contribution in [0.4, 0.5) is 5.69 Å². The van der Waals surface area contributed by atoms with Crippen molar-refractivity contribution in [3.63, 3.8) is 0 Å². The number of aliphatic hydroxyl groups excluding tert-OH is 1. The van der Waals surface area contributed by atoms with Gasteiger partial charge in [-0.15, -0.1) is 0 Å². The third kappa shape index (κ3) is 3.77. The van der Waals surface area contributed by atoms with Crippen molar-refractivity contribution in [3.05, 3.63) is 53.1 Å². The Morgan fingerprint density at radius 2 is 2.11 bits per heavy atom. The molecule has 6 heteroatoms. The number of hydrogen-bond donors (Lipinski definition) is 4. The molecule has 1 aliphatic carbocycles. The Hall–Kier alpha value is -2.57. The zero-order valence-electron chi connectivity index (χ0n) is 15.3. The number of hydrogen-bond acceptors (Lipinski definition) is 5. The Morgan fingerprint density at radius 1 is 1.30 bits per heavy atom. The molecular weight excluding hydrogens is 344 g/mol. The number of phenols is 1. The summed E-state index contributed by atoms with van der Waals surface area (Å²) < 4.78 is 5.47. The summed E-state index contributed by atoms with van der Waals surface area (Å²) in [4.78, 5) is 11.5. The van der Waals surface area contributed by atoms with E-state index in [0.717, 1.165) is 19.3 Å². The average Bonchev–Trinajstić information content (AvgIpc) is 3.40. The number of carbonyl (C=O) groups excluding carboxylic acids is 1. The highest BCUT2D eigenvalue weighted by atomic mass is 16.5. The molecule has 1 atom stereocenters. The fourth-order valence-corrected chi connectivity index (χ4v) is 3.64. The standard InChI is InChI=1S/C21H24N2O4/c1-13-3-2-4-14(9-13)10-21(7-8-21)22-11-17(25)15-5-6-16(24)19-20(15)27-12-18(26)23-19/h2-6,9,17,22,24-25H,7-8,10-12H2,1H3,(H,23,26). The van der Waals surface area contributed by atoms with E-state index in [2.05, 4.69) is 41.8 Å². The maximum atomic E-state index is 11.5. The molecule has 0 saturated heterocycles. The molecule has 6 nitrogen and oxygen atoms in total. The van der Waals surface area contributed by atoms with Crippen molar-refractivity contribution in [1.29, 1.82) is 0 Å². The van der Waals surface area contributed by atoms with Gasteiger partial charge in [0.05, 0.1) is 6.10 Å². The summed E-state index contributed by atoms with van der Waals surface area (Å²) in [7, 11) is 0. The predicted molar refractivity (Wildman–Crippen MR) is 102 cm³/mol. The third-order valence-electron chi connectivity index (χ3n) is 5.29. The molecule has 0 spiro atoms. The molecule has 1 aliphatic heterocycles. The number of aryl methyl sites for hydroxylation is 1. The van der Waals surface area contributed by atoms with E-state index in [1.165, 1.54) is 17.2 Å². The SMILES string of the molecule is Cc1cccc(CC2(NCC(O)c3ccc(O)c4c3OCC(=O)N4)CC2)c1. The highest BCUT2D eigenvalue weighted by molar-refractivity contribution is 5.97. The molecular formula is C21H24N2O4. The highest BCUT2D eigenvalue weighted by Crippen LogP contribution is 2.42. The molecule has 2 aromatic carbocycles. The number of β-amino-alcohol motifs (C(OH)–C–C–N with tert-alkyl or cyclic N) is 1. The topological polar surface area (TPSA) is 90.8 Å². The van der Waals surface area contributed by atoms with Crippen LogP contribution in [0.15, 0.2) is 36.4 Å². The first-order valence-corrected chi connectivity index (χ1v) is 9.23. The zero-order valence-corrected chi connectivity index (χ0v) is 15.3. The molecule has 1 unspecified atom stereocenters. The van der Waals surface area contributed by atoms with E-state index in [4.69, 9.17) is 4.74 Å². The van der Waals surface area contributed by atoms with Crippen LogP contribution in [0.3, 0.4) is 0 Å². The first-order valence-electron chi connectivity index (χ1n) is 9.23. The minimum absolute atomic E-state index is 0.0286. The van der Waals surface area contributed by atoms with Gasteiger partial charge in [-0.25, -0.2) is 0 Å². The molecule has 4 N–H and O–H groups in total. The molecule has 1 heterocycles. The van der Waals surface area contributed by atoms with Gasteiger partial charge in [-0.05, 0) is 43.9 Å². The lowest BCUT2D eigenvalue weighted by Crippen LogP contribution is -2.37. The van der Waals surface area contributed by atoms with Crippen molar-refractivity contribution in [2.45, 2.75) is 37.8 Å². The van der Waals surface area contributed by atoms with Crippen LogP contribution in [0.2, 0.25) is 0 Å². The summed E-state index contributed by atoms with van der Waals surface area (Å²) in [5.74, 6) is -0.0508. The molecule has 0 aromatic heterocycles. The van der Waals surface area contributed by atoms with E-state index in [0.29, 0.717) is 17.9 Å². The number of carbonyl (C=O) groups is 1. The molecule has 27 heavy (non-hydrogen) atoms. The molecule has 1 fully saturated rings. The first-order chi connectivity index (χ1) is 13.0. The number of aromatic hydroxyl groups is 1. The second kappa shape index (κ2) is 6.87. The second-order valence-corrected chi connectivity index (χ2v) is 7.56. The van der Waals surface area contributed by atoms with Crippen LogP contribution < -0.4 is 15.4 Å². The van der Waals surface area contributed by atoms with Crippen molar-refractivity contribution in [3.8, 4) is 11.5 Å². The van der Waals surface area contributed by atoms with Crippen LogP contribution in [-0.2, 0) is 11.2 Å². The van der Waals surface area contributed by atoms with Gasteiger partial charge in [0.2, 0.25) is 0 Å². The van der Waals surface area contributed by atoms with E-state index >= 15 is 0 Å². The molecule has 1 amide bonds. The molecule has 142 valence electrons. The van der Waals surface area contributed by atoms with Crippen LogP contribution in [0.1, 0.15) is 35.6 Å².